The van der Waals surface area contributed by atoms with E-state index in [1.54, 1.807) is 13.3 Å². The van der Waals surface area contributed by atoms with Crippen LogP contribution < -0.4 is 15.4 Å². The van der Waals surface area contributed by atoms with Crippen LogP contribution in [0, 0.1) is 0 Å². The Kier molecular flexibility index (Phi) is 9.03. The monoisotopic (exact) mass is 306 g/mol. The van der Waals surface area contributed by atoms with E-state index in [-0.39, 0.29) is 0 Å². The molecular weight excluding hydrogens is 276 g/mol. The third-order valence-corrected chi connectivity index (χ3v) is 3.40. The van der Waals surface area contributed by atoms with Crippen molar-refractivity contribution in [2.24, 2.45) is 4.99 Å². The highest BCUT2D eigenvalue weighted by molar-refractivity contribution is 5.80. The molecule has 1 atom stereocenters. The molecule has 0 fully saturated rings. The number of pyridine rings is 1. The summed E-state index contributed by atoms with van der Waals surface area (Å²) in [5, 5.41) is 6.76. The summed E-state index contributed by atoms with van der Waals surface area (Å²) in [5.74, 6) is 1.49. The molecule has 5 nitrogen and oxygen atoms in total. The number of rotatable bonds is 9. The van der Waals surface area contributed by atoms with Crippen LogP contribution in [0.2, 0.25) is 0 Å². The fraction of sp³-hybridized carbons (Fsp3) is 0.647. The smallest absolute Gasteiger partial charge is 0.213 e. The minimum atomic E-state index is 0.427. The van der Waals surface area contributed by atoms with Crippen LogP contribution in [-0.2, 0) is 6.54 Å². The lowest BCUT2D eigenvalue weighted by Gasteiger charge is -2.17. The van der Waals surface area contributed by atoms with E-state index in [9.17, 15) is 0 Å². The van der Waals surface area contributed by atoms with E-state index < -0.39 is 0 Å². The molecule has 0 aromatic carbocycles. The molecule has 1 rings (SSSR count). The maximum atomic E-state index is 5.14. The molecule has 1 aromatic rings. The van der Waals surface area contributed by atoms with Crippen LogP contribution in [0.3, 0.4) is 0 Å². The molecule has 0 bridgehead atoms. The second kappa shape index (κ2) is 10.9. The first-order chi connectivity index (χ1) is 10.7. The van der Waals surface area contributed by atoms with Crippen LogP contribution in [0.1, 0.15) is 52.0 Å². The number of nitrogens with zero attached hydrogens (tertiary/aromatic N) is 2. The van der Waals surface area contributed by atoms with Crippen molar-refractivity contribution in [2.75, 3.05) is 13.7 Å². The van der Waals surface area contributed by atoms with Gasteiger partial charge < -0.3 is 15.4 Å². The molecule has 0 aliphatic heterocycles. The molecular formula is C17H30N4O. The minimum Gasteiger partial charge on any atom is -0.481 e. The van der Waals surface area contributed by atoms with Crippen molar-refractivity contribution < 1.29 is 4.74 Å². The molecule has 0 amide bonds. The Hall–Kier alpha value is -1.78. The number of ether oxygens (including phenoxy) is 1. The zero-order valence-electron chi connectivity index (χ0n) is 14.4. The van der Waals surface area contributed by atoms with Crippen molar-refractivity contribution in [3.8, 4) is 5.88 Å². The zero-order valence-corrected chi connectivity index (χ0v) is 14.4. The van der Waals surface area contributed by atoms with Crippen molar-refractivity contribution >= 4 is 5.96 Å². The lowest BCUT2D eigenvalue weighted by molar-refractivity contribution is 0.397. The summed E-state index contributed by atoms with van der Waals surface area (Å²) in [6, 6.07) is 4.30. The summed E-state index contributed by atoms with van der Waals surface area (Å²) in [5.41, 5.74) is 1.09. The van der Waals surface area contributed by atoms with Crippen LogP contribution in [0.15, 0.2) is 23.3 Å². The number of hydrogen-bond donors (Lipinski definition) is 2. The van der Waals surface area contributed by atoms with Crippen LogP contribution in [0.5, 0.6) is 5.88 Å². The van der Waals surface area contributed by atoms with Gasteiger partial charge in [-0.1, -0.05) is 26.2 Å². The third-order valence-electron chi connectivity index (χ3n) is 3.40. The van der Waals surface area contributed by atoms with Gasteiger partial charge in [-0.15, -0.1) is 0 Å². The molecule has 5 heteroatoms. The number of guanidine groups is 1. The fourth-order valence-corrected chi connectivity index (χ4v) is 2.16. The number of nitrogens with one attached hydrogen (secondary N) is 2. The van der Waals surface area contributed by atoms with E-state index in [4.69, 9.17) is 4.74 Å². The second-order valence-corrected chi connectivity index (χ2v) is 5.44. The van der Waals surface area contributed by atoms with Gasteiger partial charge in [0.2, 0.25) is 5.88 Å². The van der Waals surface area contributed by atoms with Crippen LogP contribution in [0.25, 0.3) is 0 Å². The molecule has 0 spiro atoms. The van der Waals surface area contributed by atoms with Gasteiger partial charge in [0.25, 0.3) is 0 Å². The molecule has 0 radical (unpaired) electrons. The summed E-state index contributed by atoms with van der Waals surface area (Å²) in [7, 11) is 1.62. The Labute approximate surface area is 134 Å². The number of methoxy groups -OCH3 is 1. The van der Waals surface area contributed by atoms with E-state index in [0.29, 0.717) is 18.5 Å². The average molecular weight is 306 g/mol. The molecule has 0 aliphatic rings. The van der Waals surface area contributed by atoms with Crippen LogP contribution in [-0.4, -0.2) is 30.6 Å². The summed E-state index contributed by atoms with van der Waals surface area (Å²) in [6.45, 7) is 7.97. The highest BCUT2D eigenvalue weighted by Gasteiger charge is 2.05. The Bertz CT molecular complexity index is 448. The van der Waals surface area contributed by atoms with Crippen molar-refractivity contribution in [3.63, 3.8) is 0 Å². The van der Waals surface area contributed by atoms with Crippen molar-refractivity contribution in [3.05, 3.63) is 23.9 Å². The number of aromatic nitrogens is 1. The van der Waals surface area contributed by atoms with E-state index in [0.717, 1.165) is 18.1 Å². The zero-order chi connectivity index (χ0) is 16.2. The third kappa shape index (κ3) is 7.29. The van der Waals surface area contributed by atoms with Crippen molar-refractivity contribution in [1.29, 1.82) is 0 Å². The summed E-state index contributed by atoms with van der Waals surface area (Å²) in [6.07, 6.45) is 6.71. The Morgan fingerprint density at radius 3 is 2.86 bits per heavy atom. The molecule has 1 unspecified atom stereocenters. The van der Waals surface area contributed by atoms with Gasteiger partial charge >= 0.3 is 0 Å². The minimum absolute atomic E-state index is 0.427. The molecule has 22 heavy (non-hydrogen) atoms. The molecule has 1 aromatic heterocycles. The van der Waals surface area contributed by atoms with E-state index in [2.05, 4.69) is 41.4 Å². The lowest BCUT2D eigenvalue weighted by atomic mass is 10.1. The lowest BCUT2D eigenvalue weighted by Crippen LogP contribution is -2.42. The number of aliphatic imine (C=N–C) groups is 1. The average Bonchev–Trinajstić information content (AvgIpc) is 2.53. The van der Waals surface area contributed by atoms with E-state index in [1.165, 1.54) is 25.7 Å². The SMILES string of the molecule is CCCCCC(C)NC(=NCc1ccnc(OC)c1)NCC. The van der Waals surface area contributed by atoms with E-state index >= 15 is 0 Å². The molecule has 0 aliphatic carbocycles. The Morgan fingerprint density at radius 1 is 1.36 bits per heavy atom. The van der Waals surface area contributed by atoms with Crippen LogP contribution in [0.4, 0.5) is 0 Å². The number of hydrogen-bond acceptors (Lipinski definition) is 3. The molecule has 1 heterocycles. The predicted molar refractivity (Wildman–Crippen MR) is 92.3 cm³/mol. The summed E-state index contributed by atoms with van der Waals surface area (Å²) < 4.78 is 5.14. The summed E-state index contributed by atoms with van der Waals surface area (Å²) >= 11 is 0. The predicted octanol–water partition coefficient (Wildman–Crippen LogP) is 3.11. The van der Waals surface area contributed by atoms with Gasteiger partial charge in [0.15, 0.2) is 5.96 Å². The first-order valence-corrected chi connectivity index (χ1v) is 8.23. The van der Waals surface area contributed by atoms with Gasteiger partial charge in [-0.05, 0) is 31.9 Å². The van der Waals surface area contributed by atoms with Gasteiger partial charge in [-0.2, -0.15) is 0 Å². The molecule has 124 valence electrons. The first-order valence-electron chi connectivity index (χ1n) is 8.23. The quantitative estimate of drug-likeness (QED) is 0.418. The second-order valence-electron chi connectivity index (χ2n) is 5.44. The normalized spacial score (nSPS) is 12.8. The Balaban J connectivity index is 2.56. The molecule has 0 saturated heterocycles. The maximum absolute atomic E-state index is 5.14. The number of unbranched alkanes of at least 4 members (excludes halogenated alkanes) is 2. The fourth-order valence-electron chi connectivity index (χ4n) is 2.16. The van der Waals surface area contributed by atoms with Gasteiger partial charge in [-0.3, -0.25) is 0 Å². The van der Waals surface area contributed by atoms with Gasteiger partial charge in [0.1, 0.15) is 0 Å². The maximum Gasteiger partial charge on any atom is 0.213 e. The van der Waals surface area contributed by atoms with E-state index in [1.807, 2.05) is 12.1 Å². The standard InChI is InChI=1S/C17H30N4O/c1-5-7-8-9-14(3)21-17(18-6-2)20-13-15-10-11-19-16(12-15)22-4/h10-12,14H,5-9,13H2,1-4H3,(H2,18,20,21). The van der Waals surface area contributed by atoms with Gasteiger partial charge in [0, 0.05) is 24.8 Å². The molecule has 2 N–H and O–H groups in total. The first kappa shape index (κ1) is 18.3. The van der Waals surface area contributed by atoms with Gasteiger partial charge in [-0.25, -0.2) is 9.98 Å². The van der Waals surface area contributed by atoms with Crippen LogP contribution >= 0.6 is 0 Å². The molecule has 0 saturated carbocycles. The van der Waals surface area contributed by atoms with Gasteiger partial charge in [0.05, 0.1) is 13.7 Å². The topological polar surface area (TPSA) is 58.5 Å². The summed E-state index contributed by atoms with van der Waals surface area (Å²) in [4.78, 5) is 8.75. The van der Waals surface area contributed by atoms with Crippen molar-refractivity contribution in [2.45, 2.75) is 59.0 Å². The highest BCUT2D eigenvalue weighted by Crippen LogP contribution is 2.09. The largest absolute Gasteiger partial charge is 0.481 e. The highest BCUT2D eigenvalue weighted by atomic mass is 16.5. The van der Waals surface area contributed by atoms with Crippen molar-refractivity contribution in [1.82, 2.24) is 15.6 Å². The Morgan fingerprint density at radius 2 is 2.18 bits per heavy atom.